The summed E-state index contributed by atoms with van der Waals surface area (Å²) in [5, 5.41) is 3.35. The third-order valence-electron chi connectivity index (χ3n) is 3.10. The summed E-state index contributed by atoms with van der Waals surface area (Å²) >= 11 is 1.66. The van der Waals surface area contributed by atoms with Gasteiger partial charge in [-0.25, -0.2) is 4.98 Å². The number of rotatable bonds is 4. The Kier molecular flexibility index (Phi) is 3.76. The third kappa shape index (κ3) is 2.86. The molecule has 0 saturated heterocycles. The van der Waals surface area contributed by atoms with E-state index >= 15 is 0 Å². The molecule has 0 amide bonds. The van der Waals surface area contributed by atoms with Gasteiger partial charge < -0.3 is 10.7 Å². The van der Waals surface area contributed by atoms with Crippen LogP contribution >= 0.6 is 11.8 Å². The van der Waals surface area contributed by atoms with Gasteiger partial charge in [0.05, 0.1) is 5.03 Å². The van der Waals surface area contributed by atoms with E-state index in [1.807, 2.05) is 31.3 Å². The quantitative estimate of drug-likeness (QED) is 0.769. The van der Waals surface area contributed by atoms with Crippen molar-refractivity contribution in [3.63, 3.8) is 0 Å². The number of para-hydroxylation sites is 1. The molecule has 0 aliphatic carbocycles. The summed E-state index contributed by atoms with van der Waals surface area (Å²) in [4.78, 5) is 7.90. The number of hydrogen-bond acceptors (Lipinski definition) is 3. The van der Waals surface area contributed by atoms with Crippen molar-refractivity contribution in [3.05, 3.63) is 54.2 Å². The molecule has 20 heavy (non-hydrogen) atoms. The first-order valence-electron chi connectivity index (χ1n) is 6.67. The van der Waals surface area contributed by atoms with Crippen LogP contribution in [0.2, 0.25) is 0 Å². The minimum atomic E-state index is 0.140. The normalized spacial score (nSPS) is 12.7. The number of nitrogens with one attached hydrogen (secondary N) is 1. The molecule has 2 heterocycles. The van der Waals surface area contributed by atoms with Crippen LogP contribution in [0.5, 0.6) is 0 Å². The maximum Gasteiger partial charge on any atom is 0.105 e. The zero-order chi connectivity index (χ0) is 13.9. The Morgan fingerprint density at radius 3 is 2.90 bits per heavy atom. The number of pyridine rings is 1. The average Bonchev–Trinajstić information content (AvgIpc) is 2.82. The lowest BCUT2D eigenvalue weighted by molar-refractivity contribution is 0.722. The van der Waals surface area contributed by atoms with Crippen molar-refractivity contribution in [3.8, 4) is 0 Å². The highest BCUT2D eigenvalue weighted by Gasteiger charge is 2.09. The van der Waals surface area contributed by atoms with E-state index < -0.39 is 0 Å². The third-order valence-corrected chi connectivity index (χ3v) is 4.10. The number of nitrogens with zero attached hydrogens (tertiary/aromatic N) is 1. The standard InChI is InChI=1S/C16H17N3S/c1-11(17)9-13-6-4-8-18-16(13)20-15-10-12-5-2-3-7-14(12)19-15/h2-8,10-11,19H,9,17H2,1H3. The maximum absolute atomic E-state index is 5.90. The molecule has 4 heteroatoms. The second kappa shape index (κ2) is 5.69. The molecule has 2 aromatic heterocycles. The van der Waals surface area contributed by atoms with Gasteiger partial charge in [-0.2, -0.15) is 0 Å². The van der Waals surface area contributed by atoms with Crippen LogP contribution < -0.4 is 5.73 Å². The molecule has 0 fully saturated rings. The second-order valence-electron chi connectivity index (χ2n) is 4.97. The molecule has 102 valence electrons. The SMILES string of the molecule is CC(N)Cc1cccnc1Sc1cc2ccccc2[nH]1. The summed E-state index contributed by atoms with van der Waals surface area (Å²) in [6.07, 6.45) is 2.67. The van der Waals surface area contributed by atoms with E-state index in [-0.39, 0.29) is 6.04 Å². The largest absolute Gasteiger partial charge is 0.349 e. The van der Waals surface area contributed by atoms with Crippen molar-refractivity contribution in [2.45, 2.75) is 29.4 Å². The number of hydrogen-bond donors (Lipinski definition) is 2. The highest BCUT2D eigenvalue weighted by atomic mass is 32.2. The predicted octanol–water partition coefficient (Wildman–Crippen LogP) is 3.60. The molecule has 1 unspecified atom stereocenters. The summed E-state index contributed by atoms with van der Waals surface area (Å²) in [5.41, 5.74) is 8.26. The summed E-state index contributed by atoms with van der Waals surface area (Å²) in [5.74, 6) is 0. The van der Waals surface area contributed by atoms with E-state index in [4.69, 9.17) is 5.73 Å². The van der Waals surface area contributed by atoms with Crippen LogP contribution in [-0.2, 0) is 6.42 Å². The van der Waals surface area contributed by atoms with Crippen LogP contribution in [-0.4, -0.2) is 16.0 Å². The first-order valence-corrected chi connectivity index (χ1v) is 7.49. The Morgan fingerprint density at radius 1 is 1.25 bits per heavy atom. The lowest BCUT2D eigenvalue weighted by Crippen LogP contribution is -2.18. The number of aromatic amines is 1. The Morgan fingerprint density at radius 2 is 2.10 bits per heavy atom. The minimum Gasteiger partial charge on any atom is -0.349 e. The Balaban J connectivity index is 1.90. The topological polar surface area (TPSA) is 54.7 Å². The molecule has 0 radical (unpaired) electrons. The van der Waals surface area contributed by atoms with Crippen molar-refractivity contribution >= 4 is 22.7 Å². The van der Waals surface area contributed by atoms with Crippen LogP contribution in [0.3, 0.4) is 0 Å². The molecule has 0 aliphatic heterocycles. The van der Waals surface area contributed by atoms with Gasteiger partial charge >= 0.3 is 0 Å². The van der Waals surface area contributed by atoms with E-state index in [9.17, 15) is 0 Å². The lowest BCUT2D eigenvalue weighted by Gasteiger charge is -2.09. The number of H-pyrrole nitrogens is 1. The van der Waals surface area contributed by atoms with Gasteiger partial charge in [-0.1, -0.05) is 36.0 Å². The van der Waals surface area contributed by atoms with Gasteiger partial charge in [-0.05, 0) is 37.1 Å². The van der Waals surface area contributed by atoms with Crippen LogP contribution in [0.15, 0.2) is 58.7 Å². The van der Waals surface area contributed by atoms with Gasteiger partial charge in [-0.3, -0.25) is 0 Å². The minimum absolute atomic E-state index is 0.140. The summed E-state index contributed by atoms with van der Waals surface area (Å²) in [6.45, 7) is 2.02. The van der Waals surface area contributed by atoms with Crippen molar-refractivity contribution in [1.82, 2.24) is 9.97 Å². The monoisotopic (exact) mass is 283 g/mol. The average molecular weight is 283 g/mol. The second-order valence-corrected chi connectivity index (χ2v) is 6.00. The lowest BCUT2D eigenvalue weighted by atomic mass is 10.1. The van der Waals surface area contributed by atoms with Crippen LogP contribution in [0.1, 0.15) is 12.5 Å². The number of benzene rings is 1. The number of fused-ring (bicyclic) bond motifs is 1. The smallest absolute Gasteiger partial charge is 0.105 e. The van der Waals surface area contributed by atoms with Crippen molar-refractivity contribution < 1.29 is 0 Å². The zero-order valence-corrected chi connectivity index (χ0v) is 12.2. The van der Waals surface area contributed by atoms with Gasteiger partial charge in [-0.15, -0.1) is 0 Å². The molecule has 3 nitrogen and oxygen atoms in total. The predicted molar refractivity (Wildman–Crippen MR) is 84.0 cm³/mol. The Hall–Kier alpha value is -1.78. The molecule has 0 saturated carbocycles. The fourth-order valence-electron chi connectivity index (χ4n) is 2.22. The molecule has 1 aromatic carbocycles. The van der Waals surface area contributed by atoms with Gasteiger partial charge in [0.2, 0.25) is 0 Å². The summed E-state index contributed by atoms with van der Waals surface area (Å²) in [6, 6.07) is 14.6. The maximum atomic E-state index is 5.90. The zero-order valence-electron chi connectivity index (χ0n) is 11.3. The first kappa shape index (κ1) is 13.2. The molecule has 0 bridgehead atoms. The van der Waals surface area contributed by atoms with Crippen LogP contribution in [0.4, 0.5) is 0 Å². The van der Waals surface area contributed by atoms with Crippen molar-refractivity contribution in [1.29, 1.82) is 0 Å². The highest BCUT2D eigenvalue weighted by Crippen LogP contribution is 2.30. The van der Waals surface area contributed by atoms with E-state index in [1.54, 1.807) is 11.8 Å². The molecular formula is C16H17N3S. The molecule has 0 spiro atoms. The van der Waals surface area contributed by atoms with Gasteiger partial charge in [0.15, 0.2) is 0 Å². The van der Waals surface area contributed by atoms with Crippen molar-refractivity contribution in [2.24, 2.45) is 5.73 Å². The molecule has 3 rings (SSSR count). The number of nitrogens with two attached hydrogens (primary N) is 1. The fraction of sp³-hybridized carbons (Fsp3) is 0.188. The van der Waals surface area contributed by atoms with E-state index in [2.05, 4.69) is 34.2 Å². The summed E-state index contributed by atoms with van der Waals surface area (Å²) in [7, 11) is 0. The Bertz CT molecular complexity index is 685. The Labute approximate surface area is 122 Å². The van der Waals surface area contributed by atoms with Gasteiger partial charge in [0, 0.05) is 23.1 Å². The molecule has 3 N–H and O–H groups in total. The molecule has 3 aromatic rings. The van der Waals surface area contributed by atoms with Gasteiger partial charge in [0.25, 0.3) is 0 Å². The fourth-order valence-corrected chi connectivity index (χ4v) is 3.18. The molecule has 0 aliphatic rings. The first-order chi connectivity index (χ1) is 9.72. The van der Waals surface area contributed by atoms with Crippen LogP contribution in [0, 0.1) is 0 Å². The molecular weight excluding hydrogens is 266 g/mol. The van der Waals surface area contributed by atoms with Gasteiger partial charge in [0.1, 0.15) is 5.03 Å². The van der Waals surface area contributed by atoms with Crippen molar-refractivity contribution in [2.75, 3.05) is 0 Å². The highest BCUT2D eigenvalue weighted by molar-refractivity contribution is 7.99. The number of aromatic nitrogens is 2. The van der Waals surface area contributed by atoms with E-state index in [1.165, 1.54) is 10.9 Å². The molecule has 1 atom stereocenters. The van der Waals surface area contributed by atoms with E-state index in [0.29, 0.717) is 0 Å². The van der Waals surface area contributed by atoms with Crippen LogP contribution in [0.25, 0.3) is 10.9 Å². The summed E-state index contributed by atoms with van der Waals surface area (Å²) < 4.78 is 0. The van der Waals surface area contributed by atoms with E-state index in [0.717, 1.165) is 22.0 Å².